The third kappa shape index (κ3) is 4.59. The van der Waals surface area contributed by atoms with E-state index in [1.165, 1.54) is 12.1 Å². The first-order chi connectivity index (χ1) is 13.4. The monoisotopic (exact) mass is 382 g/mol. The van der Waals surface area contributed by atoms with Crippen molar-refractivity contribution in [3.8, 4) is 5.75 Å². The van der Waals surface area contributed by atoms with E-state index in [0.29, 0.717) is 37.3 Å². The number of aromatic hydroxyl groups is 1. The number of anilines is 1. The highest BCUT2D eigenvalue weighted by Crippen LogP contribution is 2.17. The second kappa shape index (κ2) is 8.43. The number of hydrogen-bond acceptors (Lipinski definition) is 5. The van der Waals surface area contributed by atoms with E-state index >= 15 is 0 Å². The van der Waals surface area contributed by atoms with Gasteiger partial charge in [-0.1, -0.05) is 6.07 Å². The van der Waals surface area contributed by atoms with E-state index in [1.54, 1.807) is 29.2 Å². The van der Waals surface area contributed by atoms with Gasteiger partial charge >= 0.3 is 0 Å². The summed E-state index contributed by atoms with van der Waals surface area (Å²) in [5.74, 6) is -1.02. The lowest BCUT2D eigenvalue weighted by molar-refractivity contribution is -0.130. The molecule has 0 radical (unpaired) electrons. The van der Waals surface area contributed by atoms with Crippen molar-refractivity contribution in [1.29, 1.82) is 0 Å². The van der Waals surface area contributed by atoms with Crippen molar-refractivity contribution in [2.45, 2.75) is 0 Å². The molecular weight excluding hydrogens is 360 g/mol. The lowest BCUT2D eigenvalue weighted by Crippen LogP contribution is -2.51. The Hall–Kier alpha value is -3.55. The number of hydrogen-bond donors (Lipinski definition) is 3. The van der Waals surface area contributed by atoms with Crippen molar-refractivity contribution in [2.24, 2.45) is 5.73 Å². The molecular formula is C20H22N4O4. The van der Waals surface area contributed by atoms with Crippen LogP contribution in [0.15, 0.2) is 48.5 Å². The second-order valence-corrected chi connectivity index (χ2v) is 6.51. The van der Waals surface area contributed by atoms with Gasteiger partial charge in [0.15, 0.2) is 0 Å². The van der Waals surface area contributed by atoms with Crippen molar-refractivity contribution < 1.29 is 19.5 Å². The normalized spacial score (nSPS) is 13.9. The molecule has 1 saturated heterocycles. The average molecular weight is 382 g/mol. The summed E-state index contributed by atoms with van der Waals surface area (Å²) in [5, 5.41) is 12.0. The summed E-state index contributed by atoms with van der Waals surface area (Å²) in [7, 11) is 0. The van der Waals surface area contributed by atoms with Gasteiger partial charge in [0.25, 0.3) is 5.91 Å². The Balaban J connectivity index is 1.48. The highest BCUT2D eigenvalue weighted by molar-refractivity contribution is 5.96. The number of phenolic OH excluding ortho intramolecular Hbond substituents is 1. The number of carbonyl (C=O) groups is 3. The molecule has 0 saturated carbocycles. The van der Waals surface area contributed by atoms with Gasteiger partial charge in [0.1, 0.15) is 5.75 Å². The summed E-state index contributed by atoms with van der Waals surface area (Å²) >= 11 is 0. The van der Waals surface area contributed by atoms with E-state index in [0.717, 1.165) is 5.69 Å². The molecule has 8 heteroatoms. The molecule has 1 aliphatic rings. The van der Waals surface area contributed by atoms with Gasteiger partial charge in [0.05, 0.1) is 6.54 Å². The third-order valence-corrected chi connectivity index (χ3v) is 4.66. The molecule has 1 heterocycles. The Kier molecular flexibility index (Phi) is 5.78. The SMILES string of the molecule is NC(=O)c1ccc(N2CCN(C(=O)CNC(=O)c3cccc(O)c3)CC2)cc1. The fourth-order valence-corrected chi connectivity index (χ4v) is 3.07. The predicted molar refractivity (Wildman–Crippen MR) is 104 cm³/mol. The number of amides is 3. The minimum Gasteiger partial charge on any atom is -0.508 e. The summed E-state index contributed by atoms with van der Waals surface area (Å²) in [4.78, 5) is 39.4. The topological polar surface area (TPSA) is 116 Å². The summed E-state index contributed by atoms with van der Waals surface area (Å²) < 4.78 is 0. The largest absolute Gasteiger partial charge is 0.508 e. The molecule has 0 spiro atoms. The van der Waals surface area contributed by atoms with Crippen LogP contribution < -0.4 is 16.0 Å². The smallest absolute Gasteiger partial charge is 0.251 e. The molecule has 0 unspecified atom stereocenters. The molecule has 2 aromatic carbocycles. The van der Waals surface area contributed by atoms with E-state index in [1.807, 2.05) is 12.1 Å². The van der Waals surface area contributed by atoms with Crippen LogP contribution in [-0.4, -0.2) is 60.5 Å². The Morgan fingerprint density at radius 1 is 0.964 bits per heavy atom. The summed E-state index contributed by atoms with van der Waals surface area (Å²) in [6.45, 7) is 2.29. The maximum atomic E-state index is 12.4. The molecule has 3 rings (SSSR count). The molecule has 146 valence electrons. The fraction of sp³-hybridized carbons (Fsp3) is 0.250. The van der Waals surface area contributed by atoms with Crippen LogP contribution in [0.25, 0.3) is 0 Å². The standard InChI is InChI=1S/C20H22N4O4/c21-19(27)14-4-6-16(7-5-14)23-8-10-24(11-9-23)18(26)13-22-20(28)15-2-1-3-17(25)12-15/h1-7,12,25H,8-11,13H2,(H2,21,27)(H,22,28). The molecule has 1 aliphatic heterocycles. The van der Waals surface area contributed by atoms with Crippen LogP contribution in [0.4, 0.5) is 5.69 Å². The summed E-state index contributed by atoms with van der Waals surface area (Å²) in [6.07, 6.45) is 0. The minimum atomic E-state index is -0.463. The first kappa shape index (κ1) is 19.2. The molecule has 3 amide bonds. The number of phenols is 1. The van der Waals surface area contributed by atoms with Crippen molar-refractivity contribution >= 4 is 23.4 Å². The van der Waals surface area contributed by atoms with Crippen molar-refractivity contribution in [2.75, 3.05) is 37.6 Å². The zero-order chi connectivity index (χ0) is 20.1. The zero-order valence-corrected chi connectivity index (χ0v) is 15.3. The Bertz CT molecular complexity index is 874. The van der Waals surface area contributed by atoms with Gasteiger partial charge in [-0.2, -0.15) is 0 Å². The Morgan fingerprint density at radius 2 is 1.64 bits per heavy atom. The van der Waals surface area contributed by atoms with Crippen molar-refractivity contribution in [1.82, 2.24) is 10.2 Å². The number of piperazine rings is 1. The quantitative estimate of drug-likeness (QED) is 0.699. The molecule has 8 nitrogen and oxygen atoms in total. The number of nitrogens with zero attached hydrogens (tertiary/aromatic N) is 2. The Morgan fingerprint density at radius 3 is 2.25 bits per heavy atom. The van der Waals surface area contributed by atoms with Crippen molar-refractivity contribution in [3.05, 3.63) is 59.7 Å². The van der Waals surface area contributed by atoms with Crippen LogP contribution in [-0.2, 0) is 4.79 Å². The van der Waals surface area contributed by atoms with Gasteiger partial charge in [0.2, 0.25) is 11.8 Å². The number of nitrogens with one attached hydrogen (secondary N) is 1. The highest BCUT2D eigenvalue weighted by Gasteiger charge is 2.22. The zero-order valence-electron chi connectivity index (χ0n) is 15.3. The van der Waals surface area contributed by atoms with Crippen LogP contribution in [0, 0.1) is 0 Å². The third-order valence-electron chi connectivity index (χ3n) is 4.66. The lowest BCUT2D eigenvalue weighted by Gasteiger charge is -2.36. The molecule has 1 fully saturated rings. The number of rotatable bonds is 5. The fourth-order valence-electron chi connectivity index (χ4n) is 3.07. The van der Waals surface area contributed by atoms with Crippen LogP contribution in [0.1, 0.15) is 20.7 Å². The van der Waals surface area contributed by atoms with E-state index in [4.69, 9.17) is 5.73 Å². The maximum absolute atomic E-state index is 12.4. The minimum absolute atomic E-state index is 0.000963. The van der Waals surface area contributed by atoms with Crippen molar-refractivity contribution in [3.63, 3.8) is 0 Å². The molecule has 0 aliphatic carbocycles. The number of benzene rings is 2. The van der Waals surface area contributed by atoms with E-state index in [-0.39, 0.29) is 18.2 Å². The summed E-state index contributed by atoms with van der Waals surface area (Å²) in [6, 6.07) is 13.0. The molecule has 2 aromatic rings. The van der Waals surface area contributed by atoms with Gasteiger partial charge in [-0.15, -0.1) is 0 Å². The molecule has 28 heavy (non-hydrogen) atoms. The molecule has 0 aromatic heterocycles. The van der Waals surface area contributed by atoms with Gasteiger partial charge < -0.3 is 26.0 Å². The maximum Gasteiger partial charge on any atom is 0.251 e. The molecule has 0 atom stereocenters. The second-order valence-electron chi connectivity index (χ2n) is 6.51. The van der Waals surface area contributed by atoms with Crippen LogP contribution in [0.3, 0.4) is 0 Å². The number of carbonyl (C=O) groups excluding carboxylic acids is 3. The molecule has 4 N–H and O–H groups in total. The van der Waals surface area contributed by atoms with Crippen LogP contribution >= 0.6 is 0 Å². The lowest BCUT2D eigenvalue weighted by atomic mass is 10.1. The van der Waals surface area contributed by atoms with E-state index < -0.39 is 11.8 Å². The Labute approximate surface area is 162 Å². The number of nitrogens with two attached hydrogens (primary N) is 1. The summed E-state index contributed by atoms with van der Waals surface area (Å²) in [5.41, 5.74) is 6.98. The average Bonchev–Trinajstić information content (AvgIpc) is 2.72. The van der Waals surface area contributed by atoms with Gasteiger partial charge in [-0.05, 0) is 42.5 Å². The predicted octanol–water partition coefficient (Wildman–Crippen LogP) is 0.570. The number of primary amides is 1. The van der Waals surface area contributed by atoms with Crippen LogP contribution in [0.5, 0.6) is 5.75 Å². The van der Waals surface area contributed by atoms with E-state index in [2.05, 4.69) is 10.2 Å². The van der Waals surface area contributed by atoms with Gasteiger partial charge in [0, 0.05) is 43.0 Å². The van der Waals surface area contributed by atoms with Gasteiger partial charge in [-0.25, -0.2) is 0 Å². The first-order valence-corrected chi connectivity index (χ1v) is 8.94. The van der Waals surface area contributed by atoms with E-state index in [9.17, 15) is 19.5 Å². The molecule has 0 bridgehead atoms. The first-order valence-electron chi connectivity index (χ1n) is 8.94. The van der Waals surface area contributed by atoms with Crippen LogP contribution in [0.2, 0.25) is 0 Å². The van der Waals surface area contributed by atoms with Gasteiger partial charge in [-0.3, -0.25) is 14.4 Å². The highest BCUT2D eigenvalue weighted by atomic mass is 16.3.